The van der Waals surface area contributed by atoms with Gasteiger partial charge in [0.15, 0.2) is 0 Å². The molecular formula is C5H6N2Ni. The molecule has 1 aromatic heterocycles. The molecule has 0 aliphatic heterocycles. The van der Waals surface area contributed by atoms with Crippen LogP contribution in [-0.2, 0) is 16.5 Å². The normalized spacial score (nSPS) is 7.50. The Morgan fingerprint density at radius 2 is 2.12 bits per heavy atom. The van der Waals surface area contributed by atoms with Crippen molar-refractivity contribution in [2.45, 2.75) is 0 Å². The van der Waals surface area contributed by atoms with E-state index in [-0.39, 0.29) is 16.5 Å². The van der Waals surface area contributed by atoms with E-state index in [1.807, 2.05) is 12.1 Å². The van der Waals surface area contributed by atoms with Crippen molar-refractivity contribution in [3.8, 4) is 0 Å². The average molecular weight is 153 g/mol. The molecule has 0 atom stereocenters. The van der Waals surface area contributed by atoms with Crippen LogP contribution in [0.1, 0.15) is 0 Å². The predicted molar refractivity (Wildman–Crippen MR) is 28.6 cm³/mol. The summed E-state index contributed by atoms with van der Waals surface area (Å²) in [4.78, 5) is 3.76. The summed E-state index contributed by atoms with van der Waals surface area (Å²) in [6, 6.07) is 5.43. The fourth-order valence-corrected chi connectivity index (χ4v) is 0.376. The van der Waals surface area contributed by atoms with Crippen LogP contribution in [0.25, 0.3) is 0 Å². The van der Waals surface area contributed by atoms with Gasteiger partial charge in [-0.05, 0) is 12.1 Å². The molecular weight excluding hydrogens is 147 g/mol. The first-order chi connectivity index (χ1) is 3.39. The number of hydrogen-bond acceptors (Lipinski definition) is 2. The van der Waals surface area contributed by atoms with Crippen LogP contribution in [0.5, 0.6) is 0 Å². The van der Waals surface area contributed by atoms with Gasteiger partial charge in [-0.1, -0.05) is 6.07 Å². The average Bonchev–Trinajstić information content (AvgIpc) is 1.69. The van der Waals surface area contributed by atoms with E-state index >= 15 is 0 Å². The van der Waals surface area contributed by atoms with E-state index < -0.39 is 0 Å². The number of pyridine rings is 1. The SMILES string of the molecule is Nc1ccccn1.[Ni]. The van der Waals surface area contributed by atoms with Crippen LogP contribution in [0.4, 0.5) is 5.82 Å². The minimum atomic E-state index is 0. The minimum absolute atomic E-state index is 0. The van der Waals surface area contributed by atoms with Crippen LogP contribution in [0, 0.1) is 0 Å². The van der Waals surface area contributed by atoms with Gasteiger partial charge >= 0.3 is 0 Å². The van der Waals surface area contributed by atoms with Crippen molar-refractivity contribution < 1.29 is 16.5 Å². The number of nitrogen functional groups attached to an aromatic ring is 1. The number of nitrogens with two attached hydrogens (primary N) is 1. The summed E-state index contributed by atoms with van der Waals surface area (Å²) < 4.78 is 0. The van der Waals surface area contributed by atoms with Crippen molar-refractivity contribution >= 4 is 5.82 Å². The van der Waals surface area contributed by atoms with Crippen molar-refractivity contribution in [2.75, 3.05) is 5.73 Å². The van der Waals surface area contributed by atoms with Crippen LogP contribution in [-0.4, -0.2) is 4.98 Å². The molecule has 2 N–H and O–H groups in total. The molecule has 46 valence electrons. The van der Waals surface area contributed by atoms with Crippen molar-refractivity contribution in [3.63, 3.8) is 0 Å². The second-order valence-corrected chi connectivity index (χ2v) is 1.25. The number of rotatable bonds is 0. The Hall–Kier alpha value is -0.556. The molecule has 3 heteroatoms. The van der Waals surface area contributed by atoms with E-state index in [0.717, 1.165) is 0 Å². The Morgan fingerprint density at radius 3 is 2.38 bits per heavy atom. The van der Waals surface area contributed by atoms with E-state index in [0.29, 0.717) is 5.82 Å². The second kappa shape index (κ2) is 3.45. The molecule has 1 aromatic rings. The van der Waals surface area contributed by atoms with Crippen LogP contribution in [0.3, 0.4) is 0 Å². The van der Waals surface area contributed by atoms with Gasteiger partial charge in [0, 0.05) is 22.7 Å². The summed E-state index contributed by atoms with van der Waals surface area (Å²) >= 11 is 0. The Bertz CT molecular complexity index is 140. The zero-order valence-corrected chi connectivity index (χ0v) is 5.14. The number of anilines is 1. The first-order valence-corrected chi connectivity index (χ1v) is 2.06. The van der Waals surface area contributed by atoms with Crippen molar-refractivity contribution in [1.29, 1.82) is 0 Å². The molecule has 0 aliphatic carbocycles. The summed E-state index contributed by atoms with van der Waals surface area (Å²) in [5.41, 5.74) is 5.25. The molecule has 0 radical (unpaired) electrons. The predicted octanol–water partition coefficient (Wildman–Crippen LogP) is 0.661. The summed E-state index contributed by atoms with van der Waals surface area (Å²) in [6.07, 6.45) is 1.66. The number of hydrogen-bond donors (Lipinski definition) is 1. The number of nitrogens with zero attached hydrogens (tertiary/aromatic N) is 1. The van der Waals surface area contributed by atoms with Crippen LogP contribution in [0.15, 0.2) is 24.4 Å². The molecule has 0 saturated carbocycles. The first kappa shape index (κ1) is 7.44. The van der Waals surface area contributed by atoms with Gasteiger partial charge in [-0.15, -0.1) is 0 Å². The van der Waals surface area contributed by atoms with Crippen molar-refractivity contribution in [2.24, 2.45) is 0 Å². The molecule has 0 spiro atoms. The van der Waals surface area contributed by atoms with E-state index in [2.05, 4.69) is 4.98 Å². The van der Waals surface area contributed by atoms with Gasteiger partial charge in [-0.25, -0.2) is 4.98 Å². The van der Waals surface area contributed by atoms with Crippen LogP contribution >= 0.6 is 0 Å². The molecule has 1 heterocycles. The molecule has 0 fully saturated rings. The topological polar surface area (TPSA) is 38.9 Å². The van der Waals surface area contributed by atoms with Gasteiger partial charge in [-0.3, -0.25) is 0 Å². The third kappa shape index (κ3) is 1.94. The zero-order chi connectivity index (χ0) is 5.11. The van der Waals surface area contributed by atoms with Crippen molar-refractivity contribution in [3.05, 3.63) is 24.4 Å². The Labute approximate surface area is 58.0 Å². The van der Waals surface area contributed by atoms with Gasteiger partial charge < -0.3 is 5.73 Å². The standard InChI is InChI=1S/C5H6N2.Ni/c6-5-3-1-2-4-7-5;/h1-4H,(H2,6,7);. The summed E-state index contributed by atoms with van der Waals surface area (Å²) in [5, 5.41) is 0. The maximum absolute atomic E-state index is 5.25. The molecule has 0 bridgehead atoms. The quantitative estimate of drug-likeness (QED) is 0.555. The fourth-order valence-electron chi connectivity index (χ4n) is 0.376. The van der Waals surface area contributed by atoms with Crippen LogP contribution < -0.4 is 5.73 Å². The Balaban J connectivity index is 0.000000490. The minimum Gasteiger partial charge on any atom is -0.384 e. The van der Waals surface area contributed by atoms with E-state index in [1.165, 1.54) is 0 Å². The molecule has 0 aromatic carbocycles. The monoisotopic (exact) mass is 152 g/mol. The third-order valence-electron chi connectivity index (χ3n) is 0.688. The second-order valence-electron chi connectivity index (χ2n) is 1.25. The molecule has 0 aliphatic rings. The maximum Gasteiger partial charge on any atom is 0.123 e. The maximum atomic E-state index is 5.25. The molecule has 0 unspecified atom stereocenters. The summed E-state index contributed by atoms with van der Waals surface area (Å²) in [7, 11) is 0. The fraction of sp³-hybridized carbons (Fsp3) is 0. The van der Waals surface area contributed by atoms with Gasteiger partial charge in [0.2, 0.25) is 0 Å². The Morgan fingerprint density at radius 1 is 1.38 bits per heavy atom. The molecule has 8 heavy (non-hydrogen) atoms. The Kier molecular flexibility index (Phi) is 3.21. The zero-order valence-electron chi connectivity index (χ0n) is 4.15. The van der Waals surface area contributed by atoms with E-state index in [1.54, 1.807) is 12.3 Å². The molecule has 0 saturated heterocycles. The number of aromatic nitrogens is 1. The summed E-state index contributed by atoms with van der Waals surface area (Å²) in [5.74, 6) is 0.572. The third-order valence-corrected chi connectivity index (χ3v) is 0.688. The van der Waals surface area contributed by atoms with Gasteiger partial charge in [-0.2, -0.15) is 0 Å². The largest absolute Gasteiger partial charge is 0.384 e. The van der Waals surface area contributed by atoms with Crippen molar-refractivity contribution in [1.82, 2.24) is 4.98 Å². The molecule has 1 rings (SSSR count). The smallest absolute Gasteiger partial charge is 0.123 e. The van der Waals surface area contributed by atoms with Crippen LogP contribution in [0.2, 0.25) is 0 Å². The molecule has 0 amide bonds. The van der Waals surface area contributed by atoms with Gasteiger partial charge in [0.25, 0.3) is 0 Å². The molecule has 2 nitrogen and oxygen atoms in total. The first-order valence-electron chi connectivity index (χ1n) is 2.06. The van der Waals surface area contributed by atoms with Gasteiger partial charge in [0.1, 0.15) is 5.82 Å². The van der Waals surface area contributed by atoms with E-state index in [4.69, 9.17) is 5.73 Å². The van der Waals surface area contributed by atoms with Gasteiger partial charge in [0.05, 0.1) is 0 Å². The van der Waals surface area contributed by atoms with E-state index in [9.17, 15) is 0 Å². The summed E-state index contributed by atoms with van der Waals surface area (Å²) in [6.45, 7) is 0.